The Bertz CT molecular complexity index is 1080. The molecule has 0 aromatic heterocycles. The maximum atomic E-state index is 13.3. The van der Waals surface area contributed by atoms with Crippen molar-refractivity contribution in [3.8, 4) is 11.1 Å². The Morgan fingerprint density at radius 2 is 1.61 bits per heavy atom. The number of rotatable bonds is 6. The SMILES string of the molecule is Cc1ccc(-c2ccc3c(c2)C(=O)N(CCOCc2ccccc2)CC(=O)N3C)cc1. The van der Waals surface area contributed by atoms with Crippen LogP contribution in [0.1, 0.15) is 21.5 Å². The van der Waals surface area contributed by atoms with Gasteiger partial charge in [-0.15, -0.1) is 0 Å². The van der Waals surface area contributed by atoms with Crippen LogP contribution in [0, 0.1) is 6.92 Å². The first-order chi connectivity index (χ1) is 15.0. The number of likely N-dealkylation sites (N-methyl/N-ethyl adjacent to an activating group) is 1. The van der Waals surface area contributed by atoms with Gasteiger partial charge in [0.1, 0.15) is 6.54 Å². The zero-order valence-electron chi connectivity index (χ0n) is 17.9. The molecule has 0 saturated heterocycles. The molecule has 1 aliphatic heterocycles. The highest BCUT2D eigenvalue weighted by Gasteiger charge is 2.29. The summed E-state index contributed by atoms with van der Waals surface area (Å²) in [7, 11) is 1.72. The van der Waals surface area contributed by atoms with Gasteiger partial charge in [0.15, 0.2) is 0 Å². The van der Waals surface area contributed by atoms with E-state index in [2.05, 4.69) is 12.1 Å². The molecule has 3 aromatic carbocycles. The largest absolute Gasteiger partial charge is 0.375 e. The Morgan fingerprint density at radius 3 is 2.35 bits per heavy atom. The van der Waals surface area contributed by atoms with Crippen LogP contribution in [0.5, 0.6) is 0 Å². The molecule has 0 N–H and O–H groups in total. The number of hydrogen-bond acceptors (Lipinski definition) is 3. The van der Waals surface area contributed by atoms with Crippen LogP contribution in [0.4, 0.5) is 5.69 Å². The molecule has 1 aliphatic rings. The summed E-state index contributed by atoms with van der Waals surface area (Å²) in [4.78, 5) is 29.1. The van der Waals surface area contributed by atoms with E-state index in [1.807, 2.05) is 67.6 Å². The molecule has 0 spiro atoms. The molecule has 0 unspecified atom stereocenters. The van der Waals surface area contributed by atoms with Crippen LogP contribution in [0.15, 0.2) is 72.8 Å². The first kappa shape index (κ1) is 20.8. The quantitative estimate of drug-likeness (QED) is 0.565. The molecule has 5 heteroatoms. The van der Waals surface area contributed by atoms with Crippen LogP contribution in [-0.2, 0) is 16.1 Å². The summed E-state index contributed by atoms with van der Waals surface area (Å²) in [6.45, 7) is 3.29. The summed E-state index contributed by atoms with van der Waals surface area (Å²) in [5.74, 6) is -0.261. The lowest BCUT2D eigenvalue weighted by Gasteiger charge is -2.20. The summed E-state index contributed by atoms with van der Waals surface area (Å²) in [6.07, 6.45) is 0. The number of benzene rings is 3. The van der Waals surface area contributed by atoms with Gasteiger partial charge in [0.2, 0.25) is 5.91 Å². The van der Waals surface area contributed by atoms with Gasteiger partial charge in [0, 0.05) is 13.6 Å². The highest BCUT2D eigenvalue weighted by Crippen LogP contribution is 2.30. The highest BCUT2D eigenvalue weighted by atomic mass is 16.5. The van der Waals surface area contributed by atoms with Gasteiger partial charge < -0.3 is 14.5 Å². The molecular weight excluding hydrogens is 388 g/mol. The van der Waals surface area contributed by atoms with Crippen LogP contribution in [-0.4, -0.2) is 43.5 Å². The van der Waals surface area contributed by atoms with E-state index in [1.54, 1.807) is 16.8 Å². The van der Waals surface area contributed by atoms with Gasteiger partial charge in [-0.3, -0.25) is 9.59 Å². The number of anilines is 1. The third kappa shape index (κ3) is 4.67. The predicted octanol–water partition coefficient (Wildman–Crippen LogP) is 4.30. The number of nitrogens with zero attached hydrogens (tertiary/aromatic N) is 2. The normalized spacial score (nSPS) is 13.9. The molecule has 0 aliphatic carbocycles. The molecule has 158 valence electrons. The second-order valence-electron chi connectivity index (χ2n) is 7.82. The van der Waals surface area contributed by atoms with E-state index in [9.17, 15) is 9.59 Å². The molecule has 2 amide bonds. The summed E-state index contributed by atoms with van der Waals surface area (Å²) in [5.41, 5.74) is 5.43. The fourth-order valence-electron chi connectivity index (χ4n) is 3.69. The topological polar surface area (TPSA) is 49.9 Å². The monoisotopic (exact) mass is 414 g/mol. The molecule has 3 aromatic rings. The molecular formula is C26H26N2O3. The van der Waals surface area contributed by atoms with Crippen molar-refractivity contribution in [1.82, 2.24) is 4.90 Å². The molecule has 5 nitrogen and oxygen atoms in total. The second-order valence-corrected chi connectivity index (χ2v) is 7.82. The third-order valence-corrected chi connectivity index (χ3v) is 5.58. The minimum absolute atomic E-state index is 0.0403. The van der Waals surface area contributed by atoms with Crippen LogP contribution >= 0.6 is 0 Å². The number of hydrogen-bond donors (Lipinski definition) is 0. The smallest absolute Gasteiger partial charge is 0.256 e. The lowest BCUT2D eigenvalue weighted by molar-refractivity contribution is -0.119. The summed E-state index contributed by atoms with van der Waals surface area (Å²) in [5, 5.41) is 0. The highest BCUT2D eigenvalue weighted by molar-refractivity contribution is 6.10. The van der Waals surface area contributed by atoms with Crippen molar-refractivity contribution in [3.63, 3.8) is 0 Å². The van der Waals surface area contributed by atoms with E-state index >= 15 is 0 Å². The van der Waals surface area contributed by atoms with E-state index < -0.39 is 0 Å². The van der Waals surface area contributed by atoms with E-state index in [4.69, 9.17) is 4.74 Å². The lowest BCUT2D eigenvalue weighted by Crippen LogP contribution is -2.39. The Hall–Kier alpha value is -3.44. The van der Waals surface area contributed by atoms with Crippen LogP contribution < -0.4 is 4.90 Å². The maximum absolute atomic E-state index is 13.3. The fraction of sp³-hybridized carbons (Fsp3) is 0.231. The average Bonchev–Trinajstić information content (AvgIpc) is 2.88. The Kier molecular flexibility index (Phi) is 6.14. The number of carbonyl (C=O) groups is 2. The minimum atomic E-state index is -0.148. The van der Waals surface area contributed by atoms with Gasteiger partial charge in [-0.1, -0.05) is 66.2 Å². The fourth-order valence-corrected chi connectivity index (χ4v) is 3.69. The minimum Gasteiger partial charge on any atom is -0.375 e. The summed E-state index contributed by atoms with van der Waals surface area (Å²) < 4.78 is 5.75. The Labute approximate surface area is 182 Å². The zero-order valence-corrected chi connectivity index (χ0v) is 17.9. The van der Waals surface area contributed by atoms with Crippen molar-refractivity contribution >= 4 is 17.5 Å². The van der Waals surface area contributed by atoms with Gasteiger partial charge in [-0.25, -0.2) is 0 Å². The van der Waals surface area contributed by atoms with Crippen molar-refractivity contribution < 1.29 is 14.3 Å². The maximum Gasteiger partial charge on any atom is 0.256 e. The van der Waals surface area contributed by atoms with Crippen molar-refractivity contribution in [2.75, 3.05) is 31.6 Å². The number of ether oxygens (including phenoxy) is 1. The third-order valence-electron chi connectivity index (χ3n) is 5.58. The average molecular weight is 415 g/mol. The van der Waals surface area contributed by atoms with E-state index in [0.29, 0.717) is 31.0 Å². The van der Waals surface area contributed by atoms with Crippen LogP contribution in [0.2, 0.25) is 0 Å². The number of carbonyl (C=O) groups excluding carboxylic acids is 2. The zero-order chi connectivity index (χ0) is 21.8. The van der Waals surface area contributed by atoms with Crippen molar-refractivity contribution in [3.05, 3.63) is 89.5 Å². The van der Waals surface area contributed by atoms with Crippen LogP contribution in [0.25, 0.3) is 11.1 Å². The van der Waals surface area contributed by atoms with E-state index in [1.165, 1.54) is 5.56 Å². The molecule has 0 saturated carbocycles. The molecule has 0 bridgehead atoms. The standard InChI is InChI=1S/C26H26N2O3/c1-19-8-10-21(11-9-19)22-12-13-24-23(16-22)26(30)28(17-25(29)27(24)2)14-15-31-18-20-6-4-3-5-7-20/h3-13,16H,14-15,17-18H2,1-2H3. The van der Waals surface area contributed by atoms with Crippen molar-refractivity contribution in [2.45, 2.75) is 13.5 Å². The first-order valence-corrected chi connectivity index (χ1v) is 10.4. The van der Waals surface area contributed by atoms with E-state index in [-0.39, 0.29) is 18.4 Å². The summed E-state index contributed by atoms with van der Waals surface area (Å²) in [6, 6.07) is 23.8. The van der Waals surface area contributed by atoms with Gasteiger partial charge in [0.05, 0.1) is 24.5 Å². The molecule has 0 radical (unpaired) electrons. The Balaban J connectivity index is 1.53. The summed E-state index contributed by atoms with van der Waals surface area (Å²) >= 11 is 0. The predicted molar refractivity (Wildman–Crippen MR) is 122 cm³/mol. The second kappa shape index (κ2) is 9.14. The number of fused-ring (bicyclic) bond motifs is 1. The van der Waals surface area contributed by atoms with Gasteiger partial charge >= 0.3 is 0 Å². The molecule has 0 fully saturated rings. The van der Waals surface area contributed by atoms with E-state index in [0.717, 1.165) is 16.7 Å². The van der Waals surface area contributed by atoms with Crippen molar-refractivity contribution in [1.29, 1.82) is 0 Å². The molecule has 31 heavy (non-hydrogen) atoms. The molecule has 0 atom stereocenters. The Morgan fingerprint density at radius 1 is 0.903 bits per heavy atom. The van der Waals surface area contributed by atoms with Gasteiger partial charge in [-0.2, -0.15) is 0 Å². The lowest BCUT2D eigenvalue weighted by atomic mass is 10.00. The molecule has 1 heterocycles. The number of amides is 2. The molecule has 4 rings (SSSR count). The van der Waals surface area contributed by atoms with Gasteiger partial charge in [0.25, 0.3) is 5.91 Å². The van der Waals surface area contributed by atoms with Crippen molar-refractivity contribution in [2.24, 2.45) is 0 Å². The number of aryl methyl sites for hydroxylation is 1. The first-order valence-electron chi connectivity index (χ1n) is 10.4. The van der Waals surface area contributed by atoms with Gasteiger partial charge in [-0.05, 0) is 35.7 Å². The van der Waals surface area contributed by atoms with Crippen LogP contribution in [0.3, 0.4) is 0 Å².